The van der Waals surface area contributed by atoms with Crippen LogP contribution in [-0.4, -0.2) is 50.3 Å². The number of hydrogen-bond donors (Lipinski definition) is 1. The van der Waals surface area contributed by atoms with Crippen molar-refractivity contribution in [3.05, 3.63) is 0 Å². The summed E-state index contributed by atoms with van der Waals surface area (Å²) < 4.78 is 5.11. The summed E-state index contributed by atoms with van der Waals surface area (Å²) in [5.74, 6) is 0. The summed E-state index contributed by atoms with van der Waals surface area (Å²) in [4.78, 5) is 2.66. The van der Waals surface area contributed by atoms with Gasteiger partial charge in [-0.25, -0.2) is 0 Å². The molecule has 0 amide bonds. The highest BCUT2D eigenvalue weighted by Crippen LogP contribution is 2.12. The zero-order chi connectivity index (χ0) is 12.5. The molecule has 0 aliphatic carbocycles. The number of unbranched alkanes of at least 4 members (excludes halogenated alkanes) is 1. The van der Waals surface area contributed by atoms with Gasteiger partial charge >= 0.3 is 0 Å². The average Bonchev–Trinajstić information content (AvgIpc) is 2.48. The second-order valence-corrected chi connectivity index (χ2v) is 5.27. The van der Waals surface area contributed by atoms with E-state index in [0.29, 0.717) is 6.04 Å². The number of ether oxygens (including phenoxy) is 1. The monoisotopic (exact) mass is 242 g/mol. The Balaban J connectivity index is 2.31. The Bertz CT molecular complexity index is 187. The van der Waals surface area contributed by atoms with Crippen molar-refractivity contribution >= 4 is 0 Å². The van der Waals surface area contributed by atoms with Crippen LogP contribution in [-0.2, 0) is 4.74 Å². The van der Waals surface area contributed by atoms with Gasteiger partial charge in [-0.3, -0.25) is 4.90 Å². The lowest BCUT2D eigenvalue weighted by Crippen LogP contribution is -2.40. The van der Waals surface area contributed by atoms with E-state index in [2.05, 4.69) is 24.1 Å². The quantitative estimate of drug-likeness (QED) is 0.693. The molecule has 3 nitrogen and oxygen atoms in total. The number of rotatable bonds is 7. The molecule has 0 radical (unpaired) electrons. The summed E-state index contributed by atoms with van der Waals surface area (Å²) in [6.07, 6.45) is 6.32. The van der Waals surface area contributed by atoms with Crippen molar-refractivity contribution < 1.29 is 4.74 Å². The van der Waals surface area contributed by atoms with Crippen molar-refractivity contribution in [2.45, 2.75) is 58.0 Å². The summed E-state index contributed by atoms with van der Waals surface area (Å²) in [5, 5.41) is 3.68. The standard InChI is InChI=1S/C14H30N2O/c1-4-7-14-12-16(10-5-6-11-17-3)13(2)8-9-15-14/h13-15H,4-12H2,1-3H3. The highest BCUT2D eigenvalue weighted by molar-refractivity contribution is 4.80. The molecule has 2 unspecified atom stereocenters. The van der Waals surface area contributed by atoms with Gasteiger partial charge < -0.3 is 10.1 Å². The smallest absolute Gasteiger partial charge is 0.0462 e. The van der Waals surface area contributed by atoms with Crippen LogP contribution in [0.15, 0.2) is 0 Å². The number of nitrogens with one attached hydrogen (secondary N) is 1. The van der Waals surface area contributed by atoms with Crippen LogP contribution in [0.5, 0.6) is 0 Å². The number of hydrogen-bond acceptors (Lipinski definition) is 3. The maximum atomic E-state index is 5.11. The minimum Gasteiger partial charge on any atom is -0.385 e. The molecule has 0 spiro atoms. The third-order valence-electron chi connectivity index (χ3n) is 3.75. The highest BCUT2D eigenvalue weighted by Gasteiger charge is 2.21. The Labute approximate surface area is 107 Å². The van der Waals surface area contributed by atoms with E-state index in [9.17, 15) is 0 Å². The van der Waals surface area contributed by atoms with E-state index in [1.54, 1.807) is 7.11 Å². The Morgan fingerprint density at radius 1 is 1.35 bits per heavy atom. The molecule has 1 saturated heterocycles. The lowest BCUT2D eigenvalue weighted by Gasteiger charge is -2.29. The average molecular weight is 242 g/mol. The molecule has 2 atom stereocenters. The molecule has 1 aliphatic heterocycles. The number of nitrogens with zero attached hydrogens (tertiary/aromatic N) is 1. The summed E-state index contributed by atoms with van der Waals surface area (Å²) in [6, 6.07) is 1.43. The molecule has 0 aromatic carbocycles. The topological polar surface area (TPSA) is 24.5 Å². The Hall–Kier alpha value is -0.120. The molecule has 1 fully saturated rings. The summed E-state index contributed by atoms with van der Waals surface area (Å²) in [6.45, 7) is 9.18. The van der Waals surface area contributed by atoms with Crippen LogP contribution in [0.3, 0.4) is 0 Å². The van der Waals surface area contributed by atoms with Crippen LogP contribution >= 0.6 is 0 Å². The lowest BCUT2D eigenvalue weighted by atomic mass is 10.1. The number of methoxy groups -OCH3 is 1. The Morgan fingerprint density at radius 2 is 2.18 bits per heavy atom. The van der Waals surface area contributed by atoms with Gasteiger partial charge in [0.15, 0.2) is 0 Å². The first-order chi connectivity index (χ1) is 8.27. The maximum absolute atomic E-state index is 5.11. The first-order valence-electron chi connectivity index (χ1n) is 7.24. The van der Waals surface area contributed by atoms with E-state index in [1.165, 1.54) is 51.7 Å². The van der Waals surface area contributed by atoms with Crippen molar-refractivity contribution in [1.82, 2.24) is 10.2 Å². The molecule has 1 rings (SSSR count). The van der Waals surface area contributed by atoms with Gasteiger partial charge in [-0.1, -0.05) is 13.3 Å². The molecule has 1 aliphatic rings. The van der Waals surface area contributed by atoms with Gasteiger partial charge in [-0.05, 0) is 45.7 Å². The van der Waals surface area contributed by atoms with Crippen LogP contribution in [0.25, 0.3) is 0 Å². The molecule has 102 valence electrons. The van der Waals surface area contributed by atoms with Gasteiger partial charge in [0, 0.05) is 32.3 Å². The summed E-state index contributed by atoms with van der Waals surface area (Å²) in [7, 11) is 1.79. The van der Waals surface area contributed by atoms with E-state index < -0.39 is 0 Å². The van der Waals surface area contributed by atoms with Crippen LogP contribution in [0, 0.1) is 0 Å². The second-order valence-electron chi connectivity index (χ2n) is 5.27. The molecular weight excluding hydrogens is 212 g/mol. The van der Waals surface area contributed by atoms with Crippen molar-refractivity contribution in [3.63, 3.8) is 0 Å². The molecule has 0 aromatic rings. The minimum atomic E-state index is 0.701. The van der Waals surface area contributed by atoms with Gasteiger partial charge in [0.05, 0.1) is 0 Å². The highest BCUT2D eigenvalue weighted by atomic mass is 16.5. The van der Waals surface area contributed by atoms with E-state index in [0.717, 1.165) is 12.6 Å². The molecule has 17 heavy (non-hydrogen) atoms. The largest absolute Gasteiger partial charge is 0.385 e. The van der Waals surface area contributed by atoms with Crippen molar-refractivity contribution in [2.75, 3.05) is 33.4 Å². The predicted molar refractivity (Wildman–Crippen MR) is 73.5 cm³/mol. The van der Waals surface area contributed by atoms with Gasteiger partial charge in [0.1, 0.15) is 0 Å². The van der Waals surface area contributed by atoms with Crippen LogP contribution < -0.4 is 5.32 Å². The molecule has 0 saturated carbocycles. The lowest BCUT2D eigenvalue weighted by molar-refractivity contribution is 0.168. The molecule has 0 bridgehead atoms. The van der Waals surface area contributed by atoms with E-state index in [4.69, 9.17) is 4.74 Å². The third-order valence-corrected chi connectivity index (χ3v) is 3.75. The van der Waals surface area contributed by atoms with E-state index in [1.807, 2.05) is 0 Å². The van der Waals surface area contributed by atoms with E-state index >= 15 is 0 Å². The zero-order valence-electron chi connectivity index (χ0n) is 11.9. The molecule has 0 aromatic heterocycles. The molecule has 3 heteroatoms. The van der Waals surface area contributed by atoms with Gasteiger partial charge in [0.25, 0.3) is 0 Å². The van der Waals surface area contributed by atoms with Crippen molar-refractivity contribution in [2.24, 2.45) is 0 Å². The first-order valence-corrected chi connectivity index (χ1v) is 7.24. The fourth-order valence-corrected chi connectivity index (χ4v) is 2.62. The second kappa shape index (κ2) is 8.90. The fraction of sp³-hybridized carbons (Fsp3) is 1.00. The minimum absolute atomic E-state index is 0.701. The van der Waals surface area contributed by atoms with Gasteiger partial charge in [-0.2, -0.15) is 0 Å². The van der Waals surface area contributed by atoms with Gasteiger partial charge in [0.2, 0.25) is 0 Å². The van der Waals surface area contributed by atoms with E-state index in [-0.39, 0.29) is 0 Å². The summed E-state index contributed by atoms with van der Waals surface area (Å²) in [5.41, 5.74) is 0. The molecular formula is C14H30N2O. The van der Waals surface area contributed by atoms with Crippen molar-refractivity contribution in [1.29, 1.82) is 0 Å². The summed E-state index contributed by atoms with van der Waals surface area (Å²) >= 11 is 0. The van der Waals surface area contributed by atoms with Crippen LogP contribution in [0.4, 0.5) is 0 Å². The Morgan fingerprint density at radius 3 is 2.88 bits per heavy atom. The van der Waals surface area contributed by atoms with Crippen molar-refractivity contribution in [3.8, 4) is 0 Å². The predicted octanol–water partition coefficient (Wildman–Crippen LogP) is 2.27. The Kier molecular flexibility index (Phi) is 7.82. The van der Waals surface area contributed by atoms with Gasteiger partial charge in [-0.15, -0.1) is 0 Å². The molecule has 1 heterocycles. The normalized spacial score (nSPS) is 27.0. The third kappa shape index (κ3) is 5.84. The maximum Gasteiger partial charge on any atom is 0.0462 e. The zero-order valence-corrected chi connectivity index (χ0v) is 11.9. The van der Waals surface area contributed by atoms with Crippen LogP contribution in [0.1, 0.15) is 46.0 Å². The first kappa shape index (κ1) is 14.9. The molecule has 1 N–H and O–H groups in total. The SMILES string of the molecule is CCCC1CN(CCCCOC)C(C)CCN1. The fourth-order valence-electron chi connectivity index (χ4n) is 2.62. The van der Waals surface area contributed by atoms with Crippen LogP contribution in [0.2, 0.25) is 0 Å².